The van der Waals surface area contributed by atoms with Crippen LogP contribution >= 0.6 is 27.7 Å². The summed E-state index contributed by atoms with van der Waals surface area (Å²) in [7, 11) is 1.68. The molecule has 18 heavy (non-hydrogen) atoms. The number of ether oxygens (including phenoxy) is 1. The Morgan fingerprint density at radius 3 is 2.78 bits per heavy atom. The van der Waals surface area contributed by atoms with Gasteiger partial charge in [-0.05, 0) is 35.9 Å². The lowest BCUT2D eigenvalue weighted by molar-refractivity contribution is 0.413. The summed E-state index contributed by atoms with van der Waals surface area (Å²) in [5.41, 5.74) is 7.94. The van der Waals surface area contributed by atoms with Crippen molar-refractivity contribution >= 4 is 33.4 Å². The Morgan fingerprint density at radius 2 is 2.06 bits per heavy atom. The Labute approximate surface area is 120 Å². The first kappa shape index (κ1) is 13.3. The molecule has 0 aliphatic heterocycles. The molecule has 0 saturated carbocycles. The lowest BCUT2D eigenvalue weighted by atomic mass is 10.2. The van der Waals surface area contributed by atoms with E-state index in [0.717, 1.165) is 27.2 Å². The normalized spacial score (nSPS) is 10.3. The number of anilines is 1. The predicted octanol–water partition coefficient (Wildman–Crippen LogP) is 4.33. The lowest BCUT2D eigenvalue weighted by Gasteiger charge is -2.07. The zero-order valence-corrected chi connectivity index (χ0v) is 12.4. The van der Waals surface area contributed by atoms with Crippen molar-refractivity contribution in [2.45, 2.75) is 10.6 Å². The van der Waals surface area contributed by atoms with E-state index >= 15 is 0 Å². The maximum Gasteiger partial charge on any atom is 0.119 e. The molecule has 0 radical (unpaired) electrons. The van der Waals surface area contributed by atoms with E-state index in [4.69, 9.17) is 10.5 Å². The van der Waals surface area contributed by atoms with Crippen molar-refractivity contribution in [2.24, 2.45) is 0 Å². The summed E-state index contributed by atoms with van der Waals surface area (Å²) >= 11 is 5.16. The third-order valence-corrected chi connectivity index (χ3v) is 4.08. The van der Waals surface area contributed by atoms with Gasteiger partial charge in [-0.15, -0.1) is 11.8 Å². The molecule has 0 aliphatic carbocycles. The molecule has 0 aliphatic rings. The summed E-state index contributed by atoms with van der Waals surface area (Å²) in [6.07, 6.45) is 0. The van der Waals surface area contributed by atoms with E-state index in [2.05, 4.69) is 22.0 Å². The Hall–Kier alpha value is -1.13. The van der Waals surface area contributed by atoms with E-state index in [1.165, 1.54) is 4.90 Å². The highest BCUT2D eigenvalue weighted by Gasteiger charge is 2.02. The molecule has 2 rings (SSSR count). The zero-order chi connectivity index (χ0) is 13.0. The van der Waals surface area contributed by atoms with Crippen LogP contribution in [0.5, 0.6) is 5.75 Å². The third kappa shape index (κ3) is 3.43. The van der Waals surface area contributed by atoms with Crippen molar-refractivity contribution in [3.8, 4) is 5.75 Å². The molecule has 0 amide bonds. The van der Waals surface area contributed by atoms with E-state index in [1.54, 1.807) is 18.9 Å². The highest BCUT2D eigenvalue weighted by atomic mass is 79.9. The highest BCUT2D eigenvalue weighted by Crippen LogP contribution is 2.29. The van der Waals surface area contributed by atoms with Crippen LogP contribution in [0.1, 0.15) is 5.56 Å². The van der Waals surface area contributed by atoms with Gasteiger partial charge in [0, 0.05) is 20.8 Å². The molecule has 2 N–H and O–H groups in total. The van der Waals surface area contributed by atoms with Crippen molar-refractivity contribution in [2.75, 3.05) is 12.8 Å². The van der Waals surface area contributed by atoms with Gasteiger partial charge in [0.05, 0.1) is 7.11 Å². The molecule has 2 aromatic rings. The molecule has 0 bridgehead atoms. The van der Waals surface area contributed by atoms with Gasteiger partial charge in [0.2, 0.25) is 0 Å². The predicted molar refractivity (Wildman–Crippen MR) is 81.1 cm³/mol. The minimum atomic E-state index is 0.819. The van der Waals surface area contributed by atoms with Crippen LogP contribution in [0.4, 0.5) is 5.69 Å². The van der Waals surface area contributed by atoms with Crippen molar-refractivity contribution in [1.82, 2.24) is 0 Å². The Kier molecular flexibility index (Phi) is 4.55. The molecule has 0 unspecified atom stereocenters. The second kappa shape index (κ2) is 6.16. The standard InChI is InChI=1S/C14H14BrNOS/c1-17-12-3-2-4-13(8-12)18-9-10-5-6-11(15)7-14(10)16/h2-8H,9,16H2,1H3. The third-order valence-electron chi connectivity index (χ3n) is 2.54. The largest absolute Gasteiger partial charge is 0.497 e. The lowest BCUT2D eigenvalue weighted by Crippen LogP contribution is -1.92. The quantitative estimate of drug-likeness (QED) is 0.671. The van der Waals surface area contributed by atoms with Crippen LogP contribution in [0.2, 0.25) is 0 Å². The van der Waals surface area contributed by atoms with Gasteiger partial charge in [-0.25, -0.2) is 0 Å². The topological polar surface area (TPSA) is 35.2 Å². The molecular formula is C14H14BrNOS. The number of nitrogen functional groups attached to an aromatic ring is 1. The van der Waals surface area contributed by atoms with Crippen LogP contribution in [0.15, 0.2) is 51.8 Å². The number of methoxy groups -OCH3 is 1. The van der Waals surface area contributed by atoms with E-state index in [0.29, 0.717) is 0 Å². The Bertz CT molecular complexity index is 545. The maximum atomic E-state index is 5.97. The molecule has 0 atom stereocenters. The molecule has 0 heterocycles. The van der Waals surface area contributed by atoms with E-state index in [-0.39, 0.29) is 0 Å². The summed E-state index contributed by atoms with van der Waals surface area (Å²) in [5, 5.41) is 0. The summed E-state index contributed by atoms with van der Waals surface area (Å²) in [6, 6.07) is 14.0. The van der Waals surface area contributed by atoms with Gasteiger partial charge >= 0.3 is 0 Å². The zero-order valence-electron chi connectivity index (χ0n) is 10.0. The highest BCUT2D eigenvalue weighted by molar-refractivity contribution is 9.10. The van der Waals surface area contributed by atoms with Crippen molar-refractivity contribution in [3.63, 3.8) is 0 Å². The summed E-state index contributed by atoms with van der Waals surface area (Å²) in [6.45, 7) is 0. The van der Waals surface area contributed by atoms with Crippen molar-refractivity contribution in [3.05, 3.63) is 52.5 Å². The molecule has 2 nitrogen and oxygen atoms in total. The van der Waals surface area contributed by atoms with Crippen molar-refractivity contribution in [1.29, 1.82) is 0 Å². The fourth-order valence-electron chi connectivity index (χ4n) is 1.55. The van der Waals surface area contributed by atoms with Crippen LogP contribution < -0.4 is 10.5 Å². The molecule has 2 aromatic carbocycles. The molecule has 94 valence electrons. The number of hydrogen-bond donors (Lipinski definition) is 1. The van der Waals surface area contributed by atoms with Crippen LogP contribution in [-0.4, -0.2) is 7.11 Å². The second-order valence-electron chi connectivity index (χ2n) is 3.81. The minimum absolute atomic E-state index is 0.819. The SMILES string of the molecule is COc1cccc(SCc2ccc(Br)cc2N)c1. The average Bonchev–Trinajstić information content (AvgIpc) is 2.38. The monoisotopic (exact) mass is 323 g/mol. The Morgan fingerprint density at radius 1 is 1.22 bits per heavy atom. The number of nitrogens with two attached hydrogens (primary N) is 1. The fourth-order valence-corrected chi connectivity index (χ4v) is 2.89. The van der Waals surface area contributed by atoms with Gasteiger partial charge in [-0.3, -0.25) is 0 Å². The smallest absolute Gasteiger partial charge is 0.119 e. The van der Waals surface area contributed by atoms with Gasteiger partial charge in [0.1, 0.15) is 5.75 Å². The van der Waals surface area contributed by atoms with Crippen LogP contribution in [0.25, 0.3) is 0 Å². The molecule has 0 spiro atoms. The summed E-state index contributed by atoms with van der Waals surface area (Å²) in [4.78, 5) is 1.18. The van der Waals surface area contributed by atoms with E-state index < -0.39 is 0 Å². The van der Waals surface area contributed by atoms with Crippen molar-refractivity contribution < 1.29 is 4.74 Å². The van der Waals surface area contributed by atoms with E-state index in [9.17, 15) is 0 Å². The van der Waals surface area contributed by atoms with E-state index in [1.807, 2.05) is 36.4 Å². The molecule has 0 saturated heterocycles. The van der Waals surface area contributed by atoms with Gasteiger partial charge in [-0.1, -0.05) is 28.1 Å². The van der Waals surface area contributed by atoms with Crippen LogP contribution in [0, 0.1) is 0 Å². The van der Waals surface area contributed by atoms with Gasteiger partial charge in [-0.2, -0.15) is 0 Å². The minimum Gasteiger partial charge on any atom is -0.497 e. The molecule has 0 aromatic heterocycles. The number of benzene rings is 2. The molecule has 0 fully saturated rings. The van der Waals surface area contributed by atoms with Crippen LogP contribution in [-0.2, 0) is 5.75 Å². The first-order chi connectivity index (χ1) is 8.69. The first-order valence-electron chi connectivity index (χ1n) is 5.50. The summed E-state index contributed by atoms with van der Waals surface area (Å²) in [5.74, 6) is 1.73. The number of hydrogen-bond acceptors (Lipinski definition) is 3. The number of rotatable bonds is 4. The number of halogens is 1. The maximum absolute atomic E-state index is 5.97. The second-order valence-corrected chi connectivity index (χ2v) is 5.78. The fraction of sp³-hybridized carbons (Fsp3) is 0.143. The van der Waals surface area contributed by atoms with Gasteiger partial charge in [0.25, 0.3) is 0 Å². The molecular weight excluding hydrogens is 310 g/mol. The van der Waals surface area contributed by atoms with Crippen LogP contribution in [0.3, 0.4) is 0 Å². The first-order valence-corrected chi connectivity index (χ1v) is 7.27. The summed E-state index contributed by atoms with van der Waals surface area (Å²) < 4.78 is 6.21. The number of thioether (sulfide) groups is 1. The van der Waals surface area contributed by atoms with Gasteiger partial charge < -0.3 is 10.5 Å². The molecule has 4 heteroatoms. The average molecular weight is 324 g/mol. The van der Waals surface area contributed by atoms with Gasteiger partial charge in [0.15, 0.2) is 0 Å². The Balaban J connectivity index is 2.06.